The van der Waals surface area contributed by atoms with Gasteiger partial charge in [-0.25, -0.2) is 4.98 Å². The number of likely N-dealkylation sites (N-methyl/N-ethyl adjacent to an activating group) is 1. The number of benzene rings is 2. The number of aromatic nitrogens is 1. The molecule has 0 N–H and O–H groups in total. The molecule has 3 rings (SSSR count). The molecule has 1 heterocycles. The van der Waals surface area contributed by atoms with E-state index in [-0.39, 0.29) is 5.91 Å². The molecule has 5 nitrogen and oxygen atoms in total. The molecule has 0 aliphatic carbocycles. The van der Waals surface area contributed by atoms with Gasteiger partial charge in [0.2, 0.25) is 5.91 Å². The van der Waals surface area contributed by atoms with Crippen LogP contribution in [0.3, 0.4) is 0 Å². The summed E-state index contributed by atoms with van der Waals surface area (Å²) in [6, 6.07) is 17.6. The number of fused-ring (bicyclic) bond motifs is 1. The predicted molar refractivity (Wildman–Crippen MR) is 115 cm³/mol. The van der Waals surface area contributed by atoms with E-state index in [1.165, 1.54) is 11.8 Å². The van der Waals surface area contributed by atoms with Gasteiger partial charge in [-0.3, -0.25) is 4.79 Å². The Morgan fingerprint density at radius 2 is 2.00 bits per heavy atom. The van der Waals surface area contributed by atoms with Gasteiger partial charge in [-0.05, 0) is 43.9 Å². The molecule has 28 heavy (non-hydrogen) atoms. The van der Waals surface area contributed by atoms with Crippen molar-refractivity contribution in [2.24, 2.45) is 0 Å². The summed E-state index contributed by atoms with van der Waals surface area (Å²) in [6.45, 7) is 1.93. The van der Waals surface area contributed by atoms with Crippen molar-refractivity contribution >= 4 is 39.2 Å². The summed E-state index contributed by atoms with van der Waals surface area (Å²) in [7, 11) is 3.99. The Labute approximate surface area is 173 Å². The molecule has 3 aromatic rings. The second kappa shape index (κ2) is 9.69. The molecule has 0 saturated heterocycles. The number of carbonyl (C=O) groups is 1. The van der Waals surface area contributed by atoms with Crippen LogP contribution in [0.25, 0.3) is 10.2 Å². The lowest BCUT2D eigenvalue weighted by Gasteiger charge is -2.24. The first-order valence-electron chi connectivity index (χ1n) is 8.95. The van der Waals surface area contributed by atoms with Gasteiger partial charge >= 0.3 is 0 Å². The van der Waals surface area contributed by atoms with Crippen LogP contribution in [0.5, 0.6) is 0 Å². The number of nitrogens with zero attached hydrogens (tertiary/aromatic N) is 4. The number of thiazole rings is 1. The van der Waals surface area contributed by atoms with Crippen molar-refractivity contribution in [3.63, 3.8) is 0 Å². The minimum absolute atomic E-state index is 0.0773. The van der Waals surface area contributed by atoms with E-state index >= 15 is 0 Å². The van der Waals surface area contributed by atoms with Crippen LogP contribution >= 0.6 is 23.1 Å². The fourth-order valence-electron chi connectivity index (χ4n) is 2.70. The third-order valence-electron chi connectivity index (χ3n) is 4.19. The van der Waals surface area contributed by atoms with Gasteiger partial charge in [0.1, 0.15) is 0 Å². The van der Waals surface area contributed by atoms with E-state index in [1.54, 1.807) is 17.4 Å². The first-order chi connectivity index (χ1) is 13.5. The minimum Gasteiger partial charge on any atom is -0.336 e. The number of hydrogen-bond donors (Lipinski definition) is 0. The molecule has 1 aromatic heterocycles. The highest BCUT2D eigenvalue weighted by atomic mass is 32.2. The number of hydrogen-bond acceptors (Lipinski definition) is 6. The number of thioether (sulfide) groups is 1. The molecule has 0 fully saturated rings. The highest BCUT2D eigenvalue weighted by molar-refractivity contribution is 8.01. The van der Waals surface area contributed by atoms with Gasteiger partial charge in [0.25, 0.3) is 0 Å². The maximum Gasteiger partial charge on any atom is 0.233 e. The zero-order valence-electron chi connectivity index (χ0n) is 16.0. The normalized spacial score (nSPS) is 10.9. The molecule has 144 valence electrons. The molecular weight excluding hydrogens is 388 g/mol. The number of carbonyl (C=O) groups excluding carboxylic acids is 1. The van der Waals surface area contributed by atoms with Gasteiger partial charge in [0.15, 0.2) is 4.34 Å². The van der Waals surface area contributed by atoms with E-state index in [9.17, 15) is 4.79 Å². The van der Waals surface area contributed by atoms with Gasteiger partial charge in [-0.15, -0.1) is 11.3 Å². The van der Waals surface area contributed by atoms with Crippen molar-refractivity contribution in [3.8, 4) is 6.07 Å². The Hall–Kier alpha value is -2.40. The van der Waals surface area contributed by atoms with Crippen LogP contribution in [-0.4, -0.2) is 53.6 Å². The number of rotatable bonds is 8. The first-order valence-corrected chi connectivity index (χ1v) is 10.8. The SMILES string of the molecule is CN(C)CCN(Cc1cccc(C#N)c1)C(=O)CSc1nc2ccccc2s1. The summed E-state index contributed by atoms with van der Waals surface area (Å²) < 4.78 is 2.05. The van der Waals surface area contributed by atoms with Crippen LogP contribution in [0.1, 0.15) is 11.1 Å². The molecule has 2 aromatic carbocycles. The average Bonchev–Trinajstić information content (AvgIpc) is 3.12. The summed E-state index contributed by atoms with van der Waals surface area (Å²) >= 11 is 3.10. The van der Waals surface area contributed by atoms with Crippen molar-refractivity contribution in [2.75, 3.05) is 32.9 Å². The third kappa shape index (κ3) is 5.55. The molecule has 0 radical (unpaired) electrons. The Morgan fingerprint density at radius 1 is 1.18 bits per heavy atom. The predicted octanol–water partition coefficient (Wildman–Crippen LogP) is 3.85. The van der Waals surface area contributed by atoms with Gasteiger partial charge < -0.3 is 9.80 Å². The lowest BCUT2D eigenvalue weighted by atomic mass is 10.1. The van der Waals surface area contributed by atoms with Crippen molar-refractivity contribution in [2.45, 2.75) is 10.9 Å². The lowest BCUT2D eigenvalue weighted by Crippen LogP contribution is -2.37. The standard InChI is InChI=1S/C21H22N4OS2/c1-24(2)10-11-25(14-17-7-5-6-16(12-17)13-22)20(26)15-27-21-23-18-8-3-4-9-19(18)28-21/h3-9,12H,10-11,14-15H2,1-2H3. The maximum atomic E-state index is 12.9. The van der Waals surface area contributed by atoms with E-state index in [0.717, 1.165) is 26.7 Å². The summed E-state index contributed by atoms with van der Waals surface area (Å²) in [5, 5.41) is 9.11. The Kier molecular flexibility index (Phi) is 7.04. The van der Waals surface area contributed by atoms with E-state index in [4.69, 9.17) is 5.26 Å². The minimum atomic E-state index is 0.0773. The quantitative estimate of drug-likeness (QED) is 0.528. The van der Waals surface area contributed by atoms with Crippen LogP contribution in [-0.2, 0) is 11.3 Å². The zero-order chi connectivity index (χ0) is 19.9. The summed E-state index contributed by atoms with van der Waals surface area (Å²) in [6.07, 6.45) is 0. The van der Waals surface area contributed by atoms with Crippen LogP contribution in [0.4, 0.5) is 0 Å². The summed E-state index contributed by atoms with van der Waals surface area (Å²) in [4.78, 5) is 21.4. The van der Waals surface area contributed by atoms with Gasteiger partial charge in [-0.1, -0.05) is 36.0 Å². The maximum absolute atomic E-state index is 12.9. The second-order valence-electron chi connectivity index (χ2n) is 6.67. The zero-order valence-corrected chi connectivity index (χ0v) is 17.6. The Morgan fingerprint density at radius 3 is 2.75 bits per heavy atom. The highest BCUT2D eigenvalue weighted by Crippen LogP contribution is 2.29. The van der Waals surface area contributed by atoms with Gasteiger partial charge in [0, 0.05) is 19.6 Å². The second-order valence-corrected chi connectivity index (χ2v) is 8.92. The number of nitriles is 1. The summed E-state index contributed by atoms with van der Waals surface area (Å²) in [5.74, 6) is 0.430. The molecule has 0 atom stereocenters. The average molecular weight is 411 g/mol. The Bertz CT molecular complexity index is 960. The van der Waals surface area contributed by atoms with E-state index in [2.05, 4.69) is 16.0 Å². The van der Waals surface area contributed by atoms with Crippen LogP contribution in [0.2, 0.25) is 0 Å². The van der Waals surface area contributed by atoms with Crippen LogP contribution in [0, 0.1) is 11.3 Å². The number of amides is 1. The molecule has 0 bridgehead atoms. The van der Waals surface area contributed by atoms with Gasteiger partial charge in [0.05, 0.1) is 27.6 Å². The number of para-hydroxylation sites is 1. The van der Waals surface area contributed by atoms with Crippen molar-refractivity contribution < 1.29 is 4.79 Å². The first kappa shape index (κ1) is 20.3. The van der Waals surface area contributed by atoms with Crippen LogP contribution in [0.15, 0.2) is 52.9 Å². The molecule has 0 aliphatic heterocycles. The molecular formula is C21H22N4OS2. The van der Waals surface area contributed by atoms with E-state index < -0.39 is 0 Å². The molecule has 0 aliphatic rings. The topological polar surface area (TPSA) is 60.2 Å². The fraction of sp³-hybridized carbons (Fsp3) is 0.286. The monoisotopic (exact) mass is 410 g/mol. The Balaban J connectivity index is 1.67. The largest absolute Gasteiger partial charge is 0.336 e. The fourth-order valence-corrected chi connectivity index (χ4v) is 4.67. The molecule has 7 heteroatoms. The molecule has 1 amide bonds. The molecule has 0 spiro atoms. The molecule has 0 saturated carbocycles. The van der Waals surface area contributed by atoms with Crippen molar-refractivity contribution in [1.82, 2.24) is 14.8 Å². The highest BCUT2D eigenvalue weighted by Gasteiger charge is 2.16. The summed E-state index contributed by atoms with van der Waals surface area (Å²) in [5.41, 5.74) is 2.55. The van der Waals surface area contributed by atoms with Crippen molar-refractivity contribution in [3.05, 3.63) is 59.7 Å². The smallest absolute Gasteiger partial charge is 0.233 e. The van der Waals surface area contributed by atoms with Crippen molar-refractivity contribution in [1.29, 1.82) is 5.26 Å². The molecule has 0 unspecified atom stereocenters. The lowest BCUT2D eigenvalue weighted by molar-refractivity contribution is -0.129. The van der Waals surface area contributed by atoms with Gasteiger partial charge in [-0.2, -0.15) is 5.26 Å². The van der Waals surface area contributed by atoms with Crippen LogP contribution < -0.4 is 0 Å². The third-order valence-corrected chi connectivity index (χ3v) is 6.36. The van der Waals surface area contributed by atoms with E-state index in [1.807, 2.05) is 61.5 Å². The van der Waals surface area contributed by atoms with E-state index in [0.29, 0.717) is 24.4 Å².